The van der Waals surface area contributed by atoms with E-state index in [1.165, 1.54) is 12.1 Å². The van der Waals surface area contributed by atoms with Crippen LogP contribution in [0, 0.1) is 17.6 Å². The van der Waals surface area contributed by atoms with Crippen LogP contribution in [0.15, 0.2) is 36.4 Å². The zero-order valence-corrected chi connectivity index (χ0v) is 21.0. The molecule has 1 fully saturated rings. The fourth-order valence-corrected chi connectivity index (χ4v) is 6.08. The van der Waals surface area contributed by atoms with Crippen LogP contribution in [0.1, 0.15) is 55.1 Å². The molecule has 194 valence electrons. The minimum absolute atomic E-state index is 0.0143. The number of H-pyrrole nitrogens is 1. The van der Waals surface area contributed by atoms with Crippen LogP contribution in [-0.4, -0.2) is 59.9 Å². The first-order chi connectivity index (χ1) is 17.4. The number of para-hydroxylation sites is 1. The van der Waals surface area contributed by atoms with Crippen molar-refractivity contribution in [2.45, 2.75) is 57.8 Å². The minimum Gasteiger partial charge on any atom is -0.357 e. The third kappa shape index (κ3) is 4.80. The second-order valence-electron chi connectivity index (χ2n) is 10.6. The van der Waals surface area contributed by atoms with Gasteiger partial charge in [0.15, 0.2) is 0 Å². The molecule has 0 amide bonds. The van der Waals surface area contributed by atoms with Gasteiger partial charge in [0.05, 0.1) is 12.7 Å². The number of aromatic nitrogens is 1. The van der Waals surface area contributed by atoms with Crippen LogP contribution in [0.25, 0.3) is 10.9 Å². The van der Waals surface area contributed by atoms with Gasteiger partial charge in [-0.15, -0.1) is 0 Å². The summed E-state index contributed by atoms with van der Waals surface area (Å²) in [4.78, 5) is 7.51. The van der Waals surface area contributed by atoms with Gasteiger partial charge in [-0.25, -0.2) is 13.2 Å². The normalized spacial score (nSPS) is 22.1. The number of alkyl halides is 2. The van der Waals surface area contributed by atoms with Crippen molar-refractivity contribution in [3.05, 3.63) is 70.4 Å². The Kier molecular flexibility index (Phi) is 7.40. The smallest absolute Gasteiger partial charge is 0.131 e. The second-order valence-corrected chi connectivity index (χ2v) is 10.6. The molecule has 1 N–H and O–H groups in total. The van der Waals surface area contributed by atoms with E-state index in [4.69, 9.17) is 0 Å². The van der Waals surface area contributed by atoms with Crippen molar-refractivity contribution >= 4 is 10.9 Å². The van der Waals surface area contributed by atoms with Gasteiger partial charge in [0.1, 0.15) is 17.8 Å². The fraction of sp³-hybridized carbons (Fsp3) is 0.517. The highest BCUT2D eigenvalue weighted by atomic mass is 19.1. The minimum atomic E-state index is -1.08. The van der Waals surface area contributed by atoms with Gasteiger partial charge < -0.3 is 9.88 Å². The van der Waals surface area contributed by atoms with Crippen LogP contribution in [0.2, 0.25) is 0 Å². The molecule has 7 heteroatoms. The summed E-state index contributed by atoms with van der Waals surface area (Å²) in [5.74, 6) is -0.851. The van der Waals surface area contributed by atoms with Crippen molar-refractivity contribution < 1.29 is 17.6 Å². The number of likely N-dealkylation sites (tertiary alicyclic amines) is 1. The first-order valence-electron chi connectivity index (χ1n) is 13.1. The Morgan fingerprint density at radius 2 is 1.83 bits per heavy atom. The summed E-state index contributed by atoms with van der Waals surface area (Å²) in [5, 5.41) is 1.05. The number of nitrogens with zero attached hydrogens (tertiary/aromatic N) is 2. The Labute approximate surface area is 210 Å². The lowest BCUT2D eigenvalue weighted by molar-refractivity contribution is 0.0963. The summed E-state index contributed by atoms with van der Waals surface area (Å²) in [5.41, 5.74) is 3.35. The highest BCUT2D eigenvalue weighted by molar-refractivity contribution is 5.85. The maximum absolute atomic E-state index is 15.8. The predicted molar refractivity (Wildman–Crippen MR) is 136 cm³/mol. The van der Waals surface area contributed by atoms with Gasteiger partial charge in [-0.3, -0.25) is 9.29 Å². The lowest BCUT2D eigenvalue weighted by Crippen LogP contribution is -2.48. The van der Waals surface area contributed by atoms with Gasteiger partial charge in [0.2, 0.25) is 0 Å². The van der Waals surface area contributed by atoms with Gasteiger partial charge in [-0.2, -0.15) is 0 Å². The third-order valence-corrected chi connectivity index (χ3v) is 7.95. The highest BCUT2D eigenvalue weighted by Gasteiger charge is 2.39. The molecule has 0 bridgehead atoms. The molecule has 2 aliphatic heterocycles. The lowest BCUT2D eigenvalue weighted by atomic mass is 9.86. The molecule has 0 spiro atoms. The Balaban J connectivity index is 1.48. The number of rotatable bonds is 9. The molecular weight excluding hydrogens is 466 g/mol. The van der Waals surface area contributed by atoms with Crippen molar-refractivity contribution in [1.29, 1.82) is 0 Å². The van der Waals surface area contributed by atoms with Gasteiger partial charge in [0.25, 0.3) is 0 Å². The van der Waals surface area contributed by atoms with E-state index in [2.05, 4.69) is 9.88 Å². The third-order valence-electron chi connectivity index (χ3n) is 7.95. The van der Waals surface area contributed by atoms with Crippen molar-refractivity contribution in [3.8, 4) is 0 Å². The number of benzene rings is 2. The van der Waals surface area contributed by atoms with E-state index in [1.807, 2.05) is 36.1 Å². The molecule has 2 aromatic carbocycles. The van der Waals surface area contributed by atoms with Crippen LogP contribution in [0.3, 0.4) is 0 Å². The summed E-state index contributed by atoms with van der Waals surface area (Å²) in [6, 6.07) is 10.0. The molecule has 2 aliphatic rings. The zero-order chi connectivity index (χ0) is 25.4. The summed E-state index contributed by atoms with van der Waals surface area (Å²) < 4.78 is 58.6. The number of halogens is 4. The van der Waals surface area contributed by atoms with Crippen LogP contribution in [-0.2, 0) is 12.8 Å². The lowest BCUT2D eigenvalue weighted by Gasteiger charge is -2.42. The van der Waals surface area contributed by atoms with Crippen LogP contribution < -0.4 is 0 Å². The molecule has 5 rings (SSSR count). The molecular formula is C29H35F4N3. The molecule has 3 aromatic rings. The van der Waals surface area contributed by atoms with E-state index in [1.54, 1.807) is 6.92 Å². The summed E-state index contributed by atoms with van der Waals surface area (Å²) in [6.07, 6.45) is 1.07. The van der Waals surface area contributed by atoms with Crippen molar-refractivity contribution in [1.82, 2.24) is 14.8 Å². The standard InChI is InChI=1S/C29H35F4N3/c1-3-21(31)17-36-18(2)11-23-22-7-4-5-8-26(22)34-28(23)29(36)27-24(32)13-19(14-25(27)33)12-20-15-35(16-20)10-6-9-30/h4-5,7-8,13-14,18,20-21,29,34H,3,6,9-12,15-17H2,1-2H3/t18-,21-,29-/m1/s1. The van der Waals surface area contributed by atoms with E-state index >= 15 is 8.78 Å². The maximum Gasteiger partial charge on any atom is 0.131 e. The van der Waals surface area contributed by atoms with Crippen LogP contribution >= 0.6 is 0 Å². The largest absolute Gasteiger partial charge is 0.357 e. The van der Waals surface area contributed by atoms with Crippen molar-refractivity contribution in [3.63, 3.8) is 0 Å². The van der Waals surface area contributed by atoms with E-state index < -0.39 is 23.8 Å². The molecule has 0 saturated carbocycles. The number of aromatic amines is 1. The van der Waals surface area contributed by atoms with E-state index in [0.717, 1.165) is 41.8 Å². The summed E-state index contributed by atoms with van der Waals surface area (Å²) >= 11 is 0. The average Bonchev–Trinajstić information content (AvgIpc) is 3.19. The monoisotopic (exact) mass is 501 g/mol. The van der Waals surface area contributed by atoms with Crippen LogP contribution in [0.4, 0.5) is 17.6 Å². The predicted octanol–water partition coefficient (Wildman–Crippen LogP) is 6.36. The molecule has 0 unspecified atom stereocenters. The van der Waals surface area contributed by atoms with Crippen LogP contribution in [0.5, 0.6) is 0 Å². The van der Waals surface area contributed by atoms with Gasteiger partial charge in [-0.1, -0.05) is 25.1 Å². The first kappa shape index (κ1) is 25.3. The van der Waals surface area contributed by atoms with E-state index in [0.29, 0.717) is 37.2 Å². The molecule has 0 radical (unpaired) electrons. The molecule has 3 nitrogen and oxygen atoms in total. The average molecular weight is 502 g/mol. The number of hydrogen-bond acceptors (Lipinski definition) is 2. The van der Waals surface area contributed by atoms with E-state index in [-0.39, 0.29) is 24.8 Å². The van der Waals surface area contributed by atoms with Gasteiger partial charge in [0, 0.05) is 54.4 Å². The molecule has 1 saturated heterocycles. The molecule has 3 heterocycles. The Hall–Kier alpha value is -2.38. The van der Waals surface area contributed by atoms with Gasteiger partial charge in [-0.05, 0) is 67.9 Å². The zero-order valence-electron chi connectivity index (χ0n) is 21.0. The first-order valence-corrected chi connectivity index (χ1v) is 13.1. The Morgan fingerprint density at radius 3 is 2.53 bits per heavy atom. The molecule has 1 aromatic heterocycles. The Bertz CT molecular complexity index is 1180. The summed E-state index contributed by atoms with van der Waals surface area (Å²) in [6.45, 7) is 5.97. The number of nitrogens with one attached hydrogen (secondary N) is 1. The fourth-order valence-electron chi connectivity index (χ4n) is 6.08. The molecule has 0 aliphatic carbocycles. The summed E-state index contributed by atoms with van der Waals surface area (Å²) in [7, 11) is 0. The SMILES string of the molecule is CC[C@@H](F)CN1[C@H](c2c(F)cc(CC3CN(CCCF)C3)cc2F)c2[nH]c3ccccc3c2C[C@H]1C. The molecule has 36 heavy (non-hydrogen) atoms. The topological polar surface area (TPSA) is 22.3 Å². The van der Waals surface area contributed by atoms with Crippen molar-refractivity contribution in [2.75, 3.05) is 32.9 Å². The maximum atomic E-state index is 15.8. The Morgan fingerprint density at radius 1 is 1.11 bits per heavy atom. The number of fused-ring (bicyclic) bond motifs is 3. The number of hydrogen-bond donors (Lipinski definition) is 1. The molecule has 3 atom stereocenters. The van der Waals surface area contributed by atoms with Crippen molar-refractivity contribution in [2.24, 2.45) is 5.92 Å². The van der Waals surface area contributed by atoms with Gasteiger partial charge >= 0.3 is 0 Å². The second kappa shape index (κ2) is 10.5. The van der Waals surface area contributed by atoms with E-state index in [9.17, 15) is 8.78 Å². The highest BCUT2D eigenvalue weighted by Crippen LogP contribution is 2.43. The quantitative estimate of drug-likeness (QED) is 0.345.